The van der Waals surface area contributed by atoms with E-state index < -0.39 is 10.0 Å². The summed E-state index contributed by atoms with van der Waals surface area (Å²) >= 11 is 0. The maximum atomic E-state index is 11.7. The minimum absolute atomic E-state index is 0.190. The molecule has 0 aliphatic heterocycles. The highest BCUT2D eigenvalue weighted by molar-refractivity contribution is 7.89. The average Bonchev–Trinajstić information content (AvgIpc) is 2.15. The molecule has 0 saturated heterocycles. The van der Waals surface area contributed by atoms with Crippen LogP contribution in [0.2, 0.25) is 0 Å². The Morgan fingerprint density at radius 1 is 1.47 bits per heavy atom. The summed E-state index contributed by atoms with van der Waals surface area (Å²) in [5.41, 5.74) is 6.40. The molecule has 0 aromatic heterocycles. The van der Waals surface area contributed by atoms with E-state index in [2.05, 4.69) is 4.72 Å². The summed E-state index contributed by atoms with van der Waals surface area (Å²) in [5, 5.41) is 0. The first-order valence-electron chi connectivity index (χ1n) is 4.74. The summed E-state index contributed by atoms with van der Waals surface area (Å²) in [7, 11) is -3.41. The summed E-state index contributed by atoms with van der Waals surface area (Å²) in [6.45, 7) is 3.85. The zero-order valence-electron chi connectivity index (χ0n) is 8.90. The number of rotatable bonds is 4. The highest BCUT2D eigenvalue weighted by Gasteiger charge is 2.13. The predicted octanol–water partition coefficient (Wildman–Crippen LogP) is 0.621. The highest BCUT2D eigenvalue weighted by Crippen LogP contribution is 2.10. The lowest BCUT2D eigenvalue weighted by molar-refractivity contribution is 0.574. The minimum atomic E-state index is -3.41. The molecule has 1 unspecified atom stereocenters. The molecule has 84 valence electrons. The lowest BCUT2D eigenvalue weighted by Crippen LogP contribution is -2.35. The van der Waals surface area contributed by atoms with Gasteiger partial charge in [0.1, 0.15) is 0 Å². The average molecular weight is 228 g/mol. The van der Waals surface area contributed by atoms with Gasteiger partial charge >= 0.3 is 0 Å². The fraction of sp³-hybridized carbons (Fsp3) is 0.400. The molecule has 0 fully saturated rings. The standard InChI is InChI=1S/C10H16N2O2S/c1-8-4-3-5-10(6-8)15(13,14)12-7-9(2)11/h3-6,9,12H,7,11H2,1-2H3. The second-order valence-corrected chi connectivity index (χ2v) is 5.41. The summed E-state index contributed by atoms with van der Waals surface area (Å²) in [6.07, 6.45) is 0. The lowest BCUT2D eigenvalue weighted by atomic mass is 10.2. The molecule has 3 N–H and O–H groups in total. The van der Waals surface area contributed by atoms with Crippen LogP contribution in [0.4, 0.5) is 0 Å². The Morgan fingerprint density at radius 3 is 2.67 bits per heavy atom. The van der Waals surface area contributed by atoms with Gasteiger partial charge in [0.05, 0.1) is 4.90 Å². The van der Waals surface area contributed by atoms with E-state index in [0.717, 1.165) is 5.56 Å². The topological polar surface area (TPSA) is 72.2 Å². The van der Waals surface area contributed by atoms with Crippen LogP contribution in [0.3, 0.4) is 0 Å². The second kappa shape index (κ2) is 4.74. The van der Waals surface area contributed by atoms with Gasteiger partial charge in [-0.3, -0.25) is 0 Å². The van der Waals surface area contributed by atoms with Gasteiger partial charge in [0.25, 0.3) is 0 Å². The quantitative estimate of drug-likeness (QED) is 0.793. The Kier molecular flexibility index (Phi) is 3.84. The molecule has 0 aliphatic rings. The molecule has 15 heavy (non-hydrogen) atoms. The van der Waals surface area contributed by atoms with Crippen molar-refractivity contribution in [3.63, 3.8) is 0 Å². The van der Waals surface area contributed by atoms with E-state index in [9.17, 15) is 8.42 Å². The molecule has 0 heterocycles. The number of nitrogens with two attached hydrogens (primary N) is 1. The monoisotopic (exact) mass is 228 g/mol. The summed E-state index contributed by atoms with van der Waals surface area (Å²) < 4.78 is 25.9. The third-order valence-electron chi connectivity index (χ3n) is 1.90. The number of aryl methyl sites for hydroxylation is 1. The van der Waals surface area contributed by atoms with Crippen molar-refractivity contribution in [2.45, 2.75) is 24.8 Å². The molecule has 0 radical (unpaired) electrons. The Balaban J connectivity index is 2.87. The largest absolute Gasteiger partial charge is 0.327 e. The van der Waals surface area contributed by atoms with Crippen LogP contribution < -0.4 is 10.5 Å². The zero-order valence-corrected chi connectivity index (χ0v) is 9.71. The van der Waals surface area contributed by atoms with Crippen LogP contribution in [-0.4, -0.2) is 21.0 Å². The summed E-state index contributed by atoms with van der Waals surface area (Å²) in [6, 6.07) is 6.57. The number of hydrogen-bond donors (Lipinski definition) is 2. The van der Waals surface area contributed by atoms with Gasteiger partial charge in [-0.05, 0) is 31.5 Å². The third-order valence-corrected chi connectivity index (χ3v) is 3.32. The minimum Gasteiger partial charge on any atom is -0.327 e. The Hall–Kier alpha value is -0.910. The van der Waals surface area contributed by atoms with Crippen LogP contribution in [0.1, 0.15) is 12.5 Å². The van der Waals surface area contributed by atoms with Crippen LogP contribution in [-0.2, 0) is 10.0 Å². The van der Waals surface area contributed by atoms with Crippen molar-refractivity contribution in [2.24, 2.45) is 5.73 Å². The zero-order chi connectivity index (χ0) is 11.5. The van der Waals surface area contributed by atoms with Gasteiger partial charge in [0.2, 0.25) is 10.0 Å². The van der Waals surface area contributed by atoms with E-state index in [1.54, 1.807) is 25.1 Å². The molecule has 0 spiro atoms. The van der Waals surface area contributed by atoms with Gasteiger partial charge in [-0.1, -0.05) is 12.1 Å². The van der Waals surface area contributed by atoms with Crippen molar-refractivity contribution in [3.05, 3.63) is 29.8 Å². The lowest BCUT2D eigenvalue weighted by Gasteiger charge is -2.09. The first kappa shape index (κ1) is 12.2. The van der Waals surface area contributed by atoms with Crippen LogP contribution in [0.25, 0.3) is 0 Å². The Bertz CT molecular complexity index is 427. The van der Waals surface area contributed by atoms with Crippen LogP contribution in [0.5, 0.6) is 0 Å². The van der Waals surface area contributed by atoms with Gasteiger partial charge in [0.15, 0.2) is 0 Å². The SMILES string of the molecule is Cc1cccc(S(=O)(=O)NCC(C)N)c1. The third kappa shape index (κ3) is 3.62. The van der Waals surface area contributed by atoms with Crippen LogP contribution >= 0.6 is 0 Å². The molecule has 0 saturated carbocycles. The molecule has 0 amide bonds. The fourth-order valence-corrected chi connectivity index (χ4v) is 2.35. The summed E-state index contributed by atoms with van der Waals surface area (Å²) in [5.74, 6) is 0. The van der Waals surface area contributed by atoms with Gasteiger partial charge in [-0.25, -0.2) is 13.1 Å². The Labute approximate surface area is 90.5 Å². The van der Waals surface area contributed by atoms with Crippen molar-refractivity contribution in [1.29, 1.82) is 0 Å². The molecular weight excluding hydrogens is 212 g/mol. The Morgan fingerprint density at radius 2 is 2.13 bits per heavy atom. The van der Waals surface area contributed by atoms with E-state index >= 15 is 0 Å². The van der Waals surface area contributed by atoms with Crippen molar-refractivity contribution in [1.82, 2.24) is 4.72 Å². The van der Waals surface area contributed by atoms with Gasteiger partial charge in [-0.15, -0.1) is 0 Å². The van der Waals surface area contributed by atoms with Crippen LogP contribution in [0.15, 0.2) is 29.2 Å². The van der Waals surface area contributed by atoms with Crippen LogP contribution in [0, 0.1) is 6.92 Å². The highest BCUT2D eigenvalue weighted by atomic mass is 32.2. The molecule has 0 aliphatic carbocycles. The van der Waals surface area contributed by atoms with E-state index in [4.69, 9.17) is 5.73 Å². The first-order valence-corrected chi connectivity index (χ1v) is 6.22. The molecule has 1 rings (SSSR count). The molecule has 4 nitrogen and oxygen atoms in total. The molecular formula is C10H16N2O2S. The maximum absolute atomic E-state index is 11.7. The molecule has 1 aromatic rings. The second-order valence-electron chi connectivity index (χ2n) is 3.65. The number of benzene rings is 1. The maximum Gasteiger partial charge on any atom is 0.240 e. The van der Waals surface area contributed by atoms with Crippen molar-refractivity contribution >= 4 is 10.0 Å². The predicted molar refractivity (Wildman–Crippen MR) is 60.0 cm³/mol. The normalized spacial score (nSPS) is 13.8. The molecule has 1 atom stereocenters. The van der Waals surface area contributed by atoms with Gasteiger partial charge < -0.3 is 5.73 Å². The van der Waals surface area contributed by atoms with Crippen molar-refractivity contribution in [2.75, 3.05) is 6.54 Å². The van der Waals surface area contributed by atoms with Gasteiger partial charge in [0, 0.05) is 12.6 Å². The molecule has 0 bridgehead atoms. The number of nitrogens with one attached hydrogen (secondary N) is 1. The summed E-state index contributed by atoms with van der Waals surface area (Å²) in [4.78, 5) is 0.281. The van der Waals surface area contributed by atoms with Crippen molar-refractivity contribution in [3.8, 4) is 0 Å². The van der Waals surface area contributed by atoms with E-state index in [-0.39, 0.29) is 17.5 Å². The van der Waals surface area contributed by atoms with Gasteiger partial charge in [-0.2, -0.15) is 0 Å². The first-order chi connectivity index (χ1) is 6.92. The number of hydrogen-bond acceptors (Lipinski definition) is 3. The molecule has 5 heteroatoms. The fourth-order valence-electron chi connectivity index (χ4n) is 1.11. The van der Waals surface area contributed by atoms with E-state index in [1.807, 2.05) is 13.0 Å². The van der Waals surface area contributed by atoms with E-state index in [1.165, 1.54) is 0 Å². The smallest absolute Gasteiger partial charge is 0.240 e. The molecule has 1 aromatic carbocycles. The van der Waals surface area contributed by atoms with E-state index in [0.29, 0.717) is 0 Å². The van der Waals surface area contributed by atoms with Crippen molar-refractivity contribution < 1.29 is 8.42 Å². The number of sulfonamides is 1.